The number of unbranched alkanes of at least 4 members (excludes halogenated alkanes) is 5. The fourth-order valence-electron chi connectivity index (χ4n) is 3.78. The number of rotatable bonds is 14. The summed E-state index contributed by atoms with van der Waals surface area (Å²) in [5.74, 6) is 0.865. The van der Waals surface area contributed by atoms with Gasteiger partial charge in [-0.2, -0.15) is 0 Å². The highest BCUT2D eigenvalue weighted by molar-refractivity contribution is 4.86. The summed E-state index contributed by atoms with van der Waals surface area (Å²) in [5, 5.41) is 0. The normalized spacial score (nSPS) is 14.4. The predicted octanol–water partition coefficient (Wildman–Crippen LogP) is 7.21. The van der Waals surface area contributed by atoms with Crippen LogP contribution in [0.15, 0.2) is 0 Å². The second kappa shape index (κ2) is 12.3. The third-order valence-electron chi connectivity index (χ3n) is 4.83. The maximum atomic E-state index is 6.51. The molecule has 0 aromatic rings. The minimum Gasteiger partial charge on any atom is -0.347 e. The Morgan fingerprint density at radius 1 is 0.667 bits per heavy atom. The highest BCUT2D eigenvalue weighted by atomic mass is 16.7. The minimum atomic E-state index is -0.472. The Labute approximate surface area is 153 Å². The quantitative estimate of drug-likeness (QED) is 0.245. The summed E-state index contributed by atoms with van der Waals surface area (Å²) in [6.45, 7) is 19.9. The first-order valence-electron chi connectivity index (χ1n) is 10.5. The third-order valence-corrected chi connectivity index (χ3v) is 4.83. The van der Waals surface area contributed by atoms with Crippen LogP contribution in [0, 0.1) is 17.8 Å². The molecule has 0 N–H and O–H groups in total. The molecule has 0 radical (unpaired) electrons. The van der Waals surface area contributed by atoms with Crippen LogP contribution in [0.4, 0.5) is 0 Å². The predicted molar refractivity (Wildman–Crippen MR) is 106 cm³/mol. The van der Waals surface area contributed by atoms with Gasteiger partial charge in [-0.15, -0.1) is 0 Å². The Hall–Kier alpha value is -0.0800. The molecule has 0 aromatic heterocycles. The van der Waals surface area contributed by atoms with Gasteiger partial charge >= 0.3 is 0 Å². The molecule has 0 fully saturated rings. The Morgan fingerprint density at radius 2 is 1.12 bits per heavy atom. The topological polar surface area (TPSA) is 18.5 Å². The van der Waals surface area contributed by atoms with E-state index in [1.807, 2.05) is 0 Å². The molecular formula is C22H46O2. The lowest BCUT2D eigenvalue weighted by atomic mass is 9.77. The Kier molecular flexibility index (Phi) is 12.3. The number of hydrogen-bond donors (Lipinski definition) is 0. The van der Waals surface area contributed by atoms with Gasteiger partial charge < -0.3 is 9.47 Å². The van der Waals surface area contributed by atoms with E-state index in [2.05, 4.69) is 62.3 Å². The fourth-order valence-corrected chi connectivity index (χ4v) is 3.78. The summed E-state index contributed by atoms with van der Waals surface area (Å²) in [7, 11) is 0. The van der Waals surface area contributed by atoms with Gasteiger partial charge in [0.2, 0.25) is 0 Å². The molecule has 1 unspecified atom stereocenters. The first-order valence-corrected chi connectivity index (χ1v) is 10.5. The van der Waals surface area contributed by atoms with Crippen molar-refractivity contribution in [3.8, 4) is 0 Å². The van der Waals surface area contributed by atoms with Crippen LogP contribution in [0.5, 0.6) is 0 Å². The van der Waals surface area contributed by atoms with Crippen molar-refractivity contribution in [1.29, 1.82) is 0 Å². The zero-order chi connectivity index (χ0) is 18.8. The minimum absolute atomic E-state index is 0.178. The van der Waals surface area contributed by atoms with Crippen molar-refractivity contribution in [3.05, 3.63) is 0 Å². The van der Waals surface area contributed by atoms with Gasteiger partial charge in [0.15, 0.2) is 5.79 Å². The van der Waals surface area contributed by atoms with Crippen LogP contribution in [0.3, 0.4) is 0 Å². The Morgan fingerprint density at radius 3 is 1.50 bits per heavy atom. The van der Waals surface area contributed by atoms with Gasteiger partial charge in [-0.25, -0.2) is 0 Å². The summed E-state index contributed by atoms with van der Waals surface area (Å²) in [4.78, 5) is 0. The van der Waals surface area contributed by atoms with E-state index in [9.17, 15) is 0 Å². The molecule has 0 saturated heterocycles. The molecule has 2 heteroatoms. The average molecular weight is 343 g/mol. The second-order valence-electron chi connectivity index (χ2n) is 8.62. The van der Waals surface area contributed by atoms with Crippen molar-refractivity contribution >= 4 is 0 Å². The molecule has 0 aliphatic heterocycles. The molecule has 0 aliphatic carbocycles. The average Bonchev–Trinajstić information content (AvgIpc) is 2.44. The van der Waals surface area contributed by atoms with Crippen molar-refractivity contribution in [1.82, 2.24) is 0 Å². The first-order chi connectivity index (χ1) is 11.2. The summed E-state index contributed by atoms with van der Waals surface area (Å²) < 4.78 is 13.0. The summed E-state index contributed by atoms with van der Waals surface area (Å²) in [6, 6.07) is 0. The third kappa shape index (κ3) is 8.34. The van der Waals surface area contributed by atoms with E-state index in [0.717, 1.165) is 0 Å². The van der Waals surface area contributed by atoms with Gasteiger partial charge in [-0.1, -0.05) is 73.1 Å². The molecule has 2 nitrogen and oxygen atoms in total. The van der Waals surface area contributed by atoms with Gasteiger partial charge in [0.25, 0.3) is 0 Å². The lowest BCUT2D eigenvalue weighted by molar-refractivity contribution is -0.324. The van der Waals surface area contributed by atoms with E-state index >= 15 is 0 Å². The smallest absolute Gasteiger partial charge is 0.174 e. The molecule has 0 heterocycles. The molecule has 0 amide bonds. The van der Waals surface area contributed by atoms with Crippen molar-refractivity contribution in [3.63, 3.8) is 0 Å². The van der Waals surface area contributed by atoms with E-state index < -0.39 is 5.79 Å². The van der Waals surface area contributed by atoms with Crippen LogP contribution in [-0.4, -0.2) is 18.0 Å². The van der Waals surface area contributed by atoms with Gasteiger partial charge in [0.1, 0.15) is 0 Å². The second-order valence-corrected chi connectivity index (χ2v) is 8.62. The molecule has 0 spiro atoms. The van der Waals surface area contributed by atoms with Crippen LogP contribution >= 0.6 is 0 Å². The zero-order valence-electron chi connectivity index (χ0n) is 18.2. The monoisotopic (exact) mass is 342 g/mol. The van der Waals surface area contributed by atoms with Gasteiger partial charge in [-0.05, 0) is 40.0 Å². The molecule has 0 saturated carbocycles. The van der Waals surface area contributed by atoms with Crippen LogP contribution in [-0.2, 0) is 9.47 Å². The van der Waals surface area contributed by atoms with Crippen LogP contribution < -0.4 is 0 Å². The molecule has 0 aliphatic rings. The van der Waals surface area contributed by atoms with E-state index in [4.69, 9.17) is 9.47 Å². The fraction of sp³-hybridized carbons (Fsp3) is 1.00. The van der Waals surface area contributed by atoms with Crippen LogP contribution in [0.2, 0.25) is 0 Å². The molecule has 0 aromatic carbocycles. The Bertz CT molecular complexity index is 284. The van der Waals surface area contributed by atoms with Gasteiger partial charge in [0, 0.05) is 11.8 Å². The molecule has 0 bridgehead atoms. The van der Waals surface area contributed by atoms with Gasteiger partial charge in [-0.3, -0.25) is 0 Å². The maximum absolute atomic E-state index is 6.51. The van der Waals surface area contributed by atoms with E-state index in [0.29, 0.717) is 17.8 Å². The highest BCUT2D eigenvalue weighted by Crippen LogP contribution is 2.41. The molecular weight excluding hydrogens is 296 g/mol. The van der Waals surface area contributed by atoms with Crippen LogP contribution in [0.25, 0.3) is 0 Å². The van der Waals surface area contributed by atoms with Crippen LogP contribution in [0.1, 0.15) is 107 Å². The summed E-state index contributed by atoms with van der Waals surface area (Å²) in [6.07, 6.45) is 9.60. The maximum Gasteiger partial charge on any atom is 0.174 e. The summed E-state index contributed by atoms with van der Waals surface area (Å²) in [5.41, 5.74) is 0. The molecule has 24 heavy (non-hydrogen) atoms. The standard InChI is InChI=1S/C22H46O2/c1-10-11-12-13-14-15-16-21(17(2)3)22(18(4)5,23-19(6)7)24-20(8)9/h17-21H,10-16H2,1-9H3. The number of ether oxygens (including phenoxy) is 2. The van der Waals surface area contributed by atoms with E-state index in [1.165, 1.54) is 44.9 Å². The SMILES string of the molecule is CCCCCCCCC(C(C)C)C(OC(C)C)(OC(C)C)C(C)C. The van der Waals surface area contributed by atoms with Crippen molar-refractivity contribution in [2.75, 3.05) is 0 Å². The lowest BCUT2D eigenvalue weighted by Crippen LogP contribution is -2.52. The van der Waals surface area contributed by atoms with Crippen molar-refractivity contribution in [2.24, 2.45) is 17.8 Å². The van der Waals surface area contributed by atoms with E-state index in [-0.39, 0.29) is 12.2 Å². The van der Waals surface area contributed by atoms with Crippen molar-refractivity contribution < 1.29 is 9.47 Å². The molecule has 0 rings (SSSR count). The lowest BCUT2D eigenvalue weighted by Gasteiger charge is -2.47. The molecule has 146 valence electrons. The number of hydrogen-bond acceptors (Lipinski definition) is 2. The Balaban J connectivity index is 5.08. The van der Waals surface area contributed by atoms with Crippen molar-refractivity contribution in [2.45, 2.75) is 125 Å². The summed E-state index contributed by atoms with van der Waals surface area (Å²) >= 11 is 0. The van der Waals surface area contributed by atoms with Gasteiger partial charge in [0.05, 0.1) is 12.2 Å². The largest absolute Gasteiger partial charge is 0.347 e. The molecule has 1 atom stereocenters. The zero-order valence-corrected chi connectivity index (χ0v) is 18.2. The van der Waals surface area contributed by atoms with E-state index in [1.54, 1.807) is 0 Å². The first kappa shape index (κ1) is 23.9. The highest BCUT2D eigenvalue weighted by Gasteiger charge is 2.46.